The number of allylic oxidation sites excluding steroid dienone is 3. The van der Waals surface area contributed by atoms with Gasteiger partial charge in [0.05, 0.1) is 4.92 Å². The molecule has 0 saturated heterocycles. The summed E-state index contributed by atoms with van der Waals surface area (Å²) in [5.41, 5.74) is 0.666. The zero-order valence-electron chi connectivity index (χ0n) is 12.5. The fourth-order valence-electron chi connectivity index (χ4n) is 2.31. The van der Waals surface area contributed by atoms with E-state index in [-0.39, 0.29) is 23.2 Å². The van der Waals surface area contributed by atoms with E-state index >= 15 is 0 Å². The summed E-state index contributed by atoms with van der Waals surface area (Å²) in [6.45, 7) is 6.71. The van der Waals surface area contributed by atoms with E-state index in [9.17, 15) is 23.3 Å². The number of sulfonamides is 1. The molecule has 1 N–H and O–H groups in total. The summed E-state index contributed by atoms with van der Waals surface area (Å²) >= 11 is 0. The van der Waals surface area contributed by atoms with Gasteiger partial charge >= 0.3 is 0 Å². The highest BCUT2D eigenvalue weighted by Gasteiger charge is 2.30. The van der Waals surface area contributed by atoms with Crippen LogP contribution in [0.1, 0.15) is 34.1 Å². The second-order valence-electron chi connectivity index (χ2n) is 5.58. The van der Waals surface area contributed by atoms with Crippen molar-refractivity contribution in [2.75, 3.05) is 5.75 Å². The van der Waals surface area contributed by atoms with Gasteiger partial charge in [0.1, 0.15) is 5.75 Å². The Kier molecular flexibility index (Phi) is 5.41. The Labute approximate surface area is 124 Å². The third kappa shape index (κ3) is 4.75. The van der Waals surface area contributed by atoms with Crippen LogP contribution in [0.15, 0.2) is 22.9 Å². The molecule has 118 valence electrons. The fourth-order valence-corrected chi connectivity index (χ4v) is 3.62. The maximum absolute atomic E-state index is 12.1. The molecule has 1 aliphatic carbocycles. The Hall–Kier alpha value is -1.54. The number of hydrogen-bond acceptors (Lipinski definition) is 5. The van der Waals surface area contributed by atoms with Crippen molar-refractivity contribution in [1.29, 1.82) is 0 Å². The van der Waals surface area contributed by atoms with Gasteiger partial charge in [-0.15, -0.1) is 0 Å². The van der Waals surface area contributed by atoms with Crippen LogP contribution in [0.5, 0.6) is 0 Å². The van der Waals surface area contributed by atoms with Crippen LogP contribution in [0.4, 0.5) is 0 Å². The lowest BCUT2D eigenvalue weighted by molar-refractivity contribution is -0.420. The van der Waals surface area contributed by atoms with Gasteiger partial charge < -0.3 is 0 Å². The second kappa shape index (κ2) is 6.48. The average molecular weight is 316 g/mol. The predicted octanol–water partition coefficient (Wildman–Crippen LogP) is 1.40. The van der Waals surface area contributed by atoms with Gasteiger partial charge in [0.2, 0.25) is 10.0 Å². The predicted molar refractivity (Wildman–Crippen MR) is 78.6 cm³/mol. The largest absolute Gasteiger partial charge is 0.293 e. The summed E-state index contributed by atoms with van der Waals surface area (Å²) in [6.07, 6.45) is 1.59. The van der Waals surface area contributed by atoms with Crippen LogP contribution in [-0.4, -0.2) is 30.9 Å². The Bertz CT molecular complexity index is 616. The first-order valence-electron chi connectivity index (χ1n) is 6.62. The molecule has 1 unspecified atom stereocenters. The highest BCUT2D eigenvalue weighted by atomic mass is 32.2. The van der Waals surface area contributed by atoms with Crippen LogP contribution in [-0.2, 0) is 14.8 Å². The molecule has 8 heteroatoms. The molecule has 0 spiro atoms. The molecule has 1 atom stereocenters. The van der Waals surface area contributed by atoms with Crippen LogP contribution in [0.25, 0.3) is 0 Å². The molecule has 0 aromatic heterocycles. The maximum Gasteiger partial charge on any atom is 0.268 e. The van der Waals surface area contributed by atoms with E-state index in [4.69, 9.17) is 0 Å². The average Bonchev–Trinajstić information content (AvgIpc) is 2.24. The molecule has 1 aliphatic rings. The normalized spacial score (nSPS) is 19.7. The van der Waals surface area contributed by atoms with Crippen LogP contribution in [0, 0.1) is 16.0 Å². The summed E-state index contributed by atoms with van der Waals surface area (Å²) in [7, 11) is -3.73. The molecule has 0 aromatic carbocycles. The molecule has 0 saturated carbocycles. The lowest BCUT2D eigenvalue weighted by Gasteiger charge is -2.19. The summed E-state index contributed by atoms with van der Waals surface area (Å²) < 4.78 is 25.9. The first-order valence-corrected chi connectivity index (χ1v) is 8.27. The van der Waals surface area contributed by atoms with Crippen LogP contribution in [0.2, 0.25) is 0 Å². The minimum Gasteiger partial charge on any atom is -0.293 e. The molecule has 0 fully saturated rings. The molecule has 0 radical (unpaired) electrons. The number of carbonyl (C=O) groups is 1. The number of nitro groups is 1. The van der Waals surface area contributed by atoms with E-state index in [1.165, 1.54) is 6.08 Å². The van der Waals surface area contributed by atoms with Gasteiger partial charge in [-0.2, -0.15) is 0 Å². The van der Waals surface area contributed by atoms with Crippen LogP contribution >= 0.6 is 0 Å². The van der Waals surface area contributed by atoms with E-state index < -0.39 is 26.5 Å². The summed E-state index contributed by atoms with van der Waals surface area (Å²) in [5.74, 6) is -1.51. The highest BCUT2D eigenvalue weighted by Crippen LogP contribution is 2.29. The Balaban J connectivity index is 3.01. The monoisotopic (exact) mass is 316 g/mol. The van der Waals surface area contributed by atoms with Crippen LogP contribution < -0.4 is 4.72 Å². The van der Waals surface area contributed by atoms with E-state index in [1.807, 2.05) is 0 Å². The number of nitrogens with zero attached hydrogens (tertiary/aromatic N) is 1. The van der Waals surface area contributed by atoms with Gasteiger partial charge in [-0.05, 0) is 33.1 Å². The number of rotatable bonds is 6. The molecular formula is C13H20N2O5S. The van der Waals surface area contributed by atoms with Crippen molar-refractivity contribution < 1.29 is 18.1 Å². The van der Waals surface area contributed by atoms with E-state index in [2.05, 4.69) is 4.72 Å². The molecule has 21 heavy (non-hydrogen) atoms. The smallest absolute Gasteiger partial charge is 0.268 e. The zero-order valence-corrected chi connectivity index (χ0v) is 13.4. The van der Waals surface area contributed by atoms with E-state index in [0.717, 1.165) is 0 Å². The highest BCUT2D eigenvalue weighted by molar-refractivity contribution is 7.90. The number of ketones is 1. The molecule has 7 nitrogen and oxygen atoms in total. The van der Waals surface area contributed by atoms with Gasteiger partial charge in [0.15, 0.2) is 5.78 Å². The second-order valence-corrected chi connectivity index (χ2v) is 7.34. The van der Waals surface area contributed by atoms with Crippen molar-refractivity contribution in [2.45, 2.75) is 40.2 Å². The van der Waals surface area contributed by atoms with Crippen molar-refractivity contribution in [3.8, 4) is 0 Å². The molecule has 1 rings (SSSR count). The minimum absolute atomic E-state index is 0.120. The Morgan fingerprint density at radius 3 is 2.57 bits per heavy atom. The van der Waals surface area contributed by atoms with E-state index in [0.29, 0.717) is 12.0 Å². The number of carbonyl (C=O) groups excluding carboxylic acids is 1. The van der Waals surface area contributed by atoms with Crippen molar-refractivity contribution in [1.82, 2.24) is 4.72 Å². The number of nitrogens with one attached hydrogen (secondary N) is 1. The van der Waals surface area contributed by atoms with Gasteiger partial charge in [0.25, 0.3) is 5.70 Å². The topological polar surface area (TPSA) is 106 Å². The SMILES string of the molecule is CC1=C([N+](=O)[O-])C=C(C(=O)CS(=O)(=O)NC(C)C)C(C)C1. The molecule has 0 bridgehead atoms. The number of hydrogen-bond donors (Lipinski definition) is 1. The lowest BCUT2D eigenvalue weighted by Crippen LogP contribution is -2.36. The maximum atomic E-state index is 12.1. The van der Waals surface area contributed by atoms with Crippen molar-refractivity contribution in [3.05, 3.63) is 33.0 Å². The van der Waals surface area contributed by atoms with Gasteiger partial charge in [-0.25, -0.2) is 13.1 Å². The van der Waals surface area contributed by atoms with Crippen molar-refractivity contribution in [2.24, 2.45) is 5.92 Å². The Morgan fingerprint density at radius 2 is 2.10 bits per heavy atom. The first kappa shape index (κ1) is 17.5. The Morgan fingerprint density at radius 1 is 1.52 bits per heavy atom. The third-order valence-electron chi connectivity index (χ3n) is 3.13. The molecule has 0 aromatic rings. The van der Waals surface area contributed by atoms with E-state index in [1.54, 1.807) is 27.7 Å². The molecule has 0 heterocycles. The van der Waals surface area contributed by atoms with Crippen molar-refractivity contribution in [3.63, 3.8) is 0 Å². The van der Waals surface area contributed by atoms with Gasteiger partial charge in [-0.1, -0.05) is 6.92 Å². The lowest BCUT2D eigenvalue weighted by atomic mass is 9.86. The minimum atomic E-state index is -3.73. The zero-order chi connectivity index (χ0) is 16.4. The number of Topliss-reactive ketones (excluding diaryl/α,β-unsaturated/α-hetero) is 1. The van der Waals surface area contributed by atoms with Gasteiger partial charge in [0, 0.05) is 23.3 Å². The third-order valence-corrected chi connectivity index (χ3v) is 4.60. The van der Waals surface area contributed by atoms with Gasteiger partial charge in [-0.3, -0.25) is 14.9 Å². The molecule has 0 amide bonds. The summed E-state index contributed by atoms with van der Waals surface area (Å²) in [5, 5.41) is 10.9. The van der Waals surface area contributed by atoms with Crippen LogP contribution in [0.3, 0.4) is 0 Å². The quantitative estimate of drug-likeness (QED) is 0.589. The summed E-state index contributed by atoms with van der Waals surface area (Å²) in [6, 6.07) is -0.308. The standard InChI is InChI=1S/C13H20N2O5S/c1-8(2)14-21(19,20)7-13(16)11-6-12(15(17)18)10(4)5-9(11)3/h6,8-9,14H,5,7H2,1-4H3. The molecule has 0 aliphatic heterocycles. The van der Waals surface area contributed by atoms with Crippen molar-refractivity contribution >= 4 is 15.8 Å². The summed E-state index contributed by atoms with van der Waals surface area (Å²) in [4.78, 5) is 22.5. The molecular weight excluding hydrogens is 296 g/mol. The fraction of sp³-hybridized carbons (Fsp3) is 0.615. The first-order chi connectivity index (χ1) is 9.53.